The van der Waals surface area contributed by atoms with E-state index in [1.807, 2.05) is 91.8 Å². The number of fused-ring (bicyclic) bond motifs is 1. The van der Waals surface area contributed by atoms with Crippen molar-refractivity contribution >= 4 is 28.1 Å². The lowest BCUT2D eigenvalue weighted by molar-refractivity contribution is -0.385. The van der Waals surface area contributed by atoms with Crippen molar-refractivity contribution in [2.24, 2.45) is 5.92 Å². The number of nitrogens with zero attached hydrogens (tertiary/aromatic N) is 2. The van der Waals surface area contributed by atoms with E-state index >= 15 is 0 Å². The smallest absolute Gasteiger partial charge is 0.311 e. The first-order valence-corrected chi connectivity index (χ1v) is 12.2. The molecule has 0 bridgehead atoms. The summed E-state index contributed by atoms with van der Waals surface area (Å²) in [6, 6.07) is 25.1. The lowest BCUT2D eigenvalue weighted by Crippen LogP contribution is -2.13. The van der Waals surface area contributed by atoms with Gasteiger partial charge >= 0.3 is 11.7 Å². The number of benzene rings is 4. The Kier molecular flexibility index (Phi) is 7.72. The van der Waals surface area contributed by atoms with Crippen LogP contribution in [0.25, 0.3) is 21.9 Å². The van der Waals surface area contributed by atoms with Crippen LogP contribution < -0.4 is 9.64 Å². The van der Waals surface area contributed by atoms with Gasteiger partial charge in [0.05, 0.1) is 17.4 Å². The quantitative estimate of drug-likeness (QED) is 0.202. The fourth-order valence-electron chi connectivity index (χ4n) is 4.32. The number of anilines is 1. The second-order valence-corrected chi connectivity index (χ2v) is 9.41. The number of carboxylic acid groups (broad SMARTS) is 1. The summed E-state index contributed by atoms with van der Waals surface area (Å²) >= 11 is 0. The summed E-state index contributed by atoms with van der Waals surface area (Å²) in [6.07, 6.45) is 0.759. The number of rotatable bonds is 10. The summed E-state index contributed by atoms with van der Waals surface area (Å²) < 4.78 is 6.12. The topological polar surface area (TPSA) is 92.9 Å². The number of carbonyl (C=O) groups is 1. The van der Waals surface area contributed by atoms with E-state index in [9.17, 15) is 20.0 Å². The Labute approximate surface area is 216 Å². The first kappa shape index (κ1) is 25.7. The van der Waals surface area contributed by atoms with Gasteiger partial charge in [-0.15, -0.1) is 0 Å². The average Bonchev–Trinajstić information content (AvgIpc) is 2.88. The summed E-state index contributed by atoms with van der Waals surface area (Å²) in [5.41, 5.74) is 3.92. The molecule has 0 aromatic heterocycles. The Morgan fingerprint density at radius 2 is 1.68 bits per heavy atom. The number of aliphatic carboxylic acids is 1. The highest BCUT2D eigenvalue weighted by molar-refractivity contribution is 5.89. The molecule has 0 aliphatic rings. The van der Waals surface area contributed by atoms with E-state index in [-0.39, 0.29) is 24.5 Å². The third-order valence-electron chi connectivity index (χ3n) is 6.44. The number of hydrogen-bond acceptors (Lipinski definition) is 5. The van der Waals surface area contributed by atoms with E-state index in [2.05, 4.69) is 0 Å². The van der Waals surface area contributed by atoms with E-state index < -0.39 is 16.8 Å². The molecule has 0 fully saturated rings. The van der Waals surface area contributed by atoms with Gasteiger partial charge in [0.1, 0.15) is 0 Å². The minimum atomic E-state index is -0.949. The predicted octanol–water partition coefficient (Wildman–Crippen LogP) is 6.37. The molecule has 7 heteroatoms. The van der Waals surface area contributed by atoms with Crippen LogP contribution in [0.2, 0.25) is 0 Å². The van der Waals surface area contributed by atoms with Crippen LogP contribution in [0.4, 0.5) is 11.4 Å². The number of nitro benzene ring substituents is 1. The fourth-order valence-corrected chi connectivity index (χ4v) is 4.32. The van der Waals surface area contributed by atoms with Gasteiger partial charge in [0, 0.05) is 37.8 Å². The standard InChI is InChI=1S/C30H30N2O5/c1-20(30(33)34)16-22-17-27(25-11-10-23-6-4-5-7-24(23)19-25)29(28(18-22)32(35)36)37-15-14-21-8-12-26(13-9-21)31(2)3/h4-13,17-20H,14-16H2,1-3H3,(H,33,34). The van der Waals surface area contributed by atoms with Crippen LogP contribution in [0, 0.1) is 16.0 Å². The van der Waals surface area contributed by atoms with Crippen molar-refractivity contribution in [1.29, 1.82) is 0 Å². The normalized spacial score (nSPS) is 11.8. The van der Waals surface area contributed by atoms with Gasteiger partial charge in [0.25, 0.3) is 0 Å². The monoisotopic (exact) mass is 498 g/mol. The Morgan fingerprint density at radius 1 is 0.973 bits per heavy atom. The molecule has 0 heterocycles. The molecule has 4 aromatic rings. The fraction of sp³-hybridized carbons (Fsp3) is 0.233. The van der Waals surface area contributed by atoms with Crippen molar-refractivity contribution in [3.8, 4) is 16.9 Å². The van der Waals surface area contributed by atoms with Crippen molar-refractivity contribution in [3.05, 3.63) is 100 Å². The zero-order chi connectivity index (χ0) is 26.5. The molecule has 37 heavy (non-hydrogen) atoms. The minimum absolute atomic E-state index is 0.166. The summed E-state index contributed by atoms with van der Waals surface area (Å²) in [7, 11) is 3.96. The SMILES string of the molecule is CC(Cc1cc(-c2ccc3ccccc3c2)c(OCCc2ccc(N(C)C)cc2)c([N+](=O)[O-])c1)C(=O)O. The van der Waals surface area contributed by atoms with Crippen molar-refractivity contribution < 1.29 is 19.6 Å². The molecule has 1 unspecified atom stereocenters. The molecule has 4 rings (SSSR count). The largest absolute Gasteiger partial charge is 0.486 e. The first-order chi connectivity index (χ1) is 17.7. The number of hydrogen-bond donors (Lipinski definition) is 1. The van der Waals surface area contributed by atoms with E-state index in [4.69, 9.17) is 4.74 Å². The molecule has 0 saturated heterocycles. The van der Waals surface area contributed by atoms with Crippen molar-refractivity contribution in [3.63, 3.8) is 0 Å². The zero-order valence-corrected chi connectivity index (χ0v) is 21.2. The summed E-state index contributed by atoms with van der Waals surface area (Å²) in [6.45, 7) is 1.85. The van der Waals surface area contributed by atoms with E-state index in [0.717, 1.165) is 27.6 Å². The molecule has 7 nitrogen and oxygen atoms in total. The zero-order valence-electron chi connectivity index (χ0n) is 21.2. The van der Waals surface area contributed by atoms with Crippen LogP contribution in [0.3, 0.4) is 0 Å². The third kappa shape index (κ3) is 6.06. The number of carboxylic acids is 1. The maximum atomic E-state index is 12.1. The van der Waals surface area contributed by atoms with E-state index in [1.54, 1.807) is 6.92 Å². The molecular weight excluding hydrogens is 468 g/mol. The molecule has 190 valence electrons. The van der Waals surface area contributed by atoms with Crippen LogP contribution in [0.1, 0.15) is 18.1 Å². The van der Waals surface area contributed by atoms with Crippen LogP contribution in [0.5, 0.6) is 5.75 Å². The molecule has 1 atom stereocenters. The number of nitro groups is 1. The molecule has 0 amide bonds. The molecule has 0 saturated carbocycles. The molecule has 4 aromatic carbocycles. The van der Waals surface area contributed by atoms with E-state index in [0.29, 0.717) is 17.5 Å². The maximum Gasteiger partial charge on any atom is 0.311 e. The van der Waals surface area contributed by atoms with Gasteiger partial charge in [-0.25, -0.2) is 0 Å². The van der Waals surface area contributed by atoms with Gasteiger partial charge in [-0.05, 0) is 58.1 Å². The van der Waals surface area contributed by atoms with Crippen LogP contribution in [-0.4, -0.2) is 36.7 Å². The van der Waals surface area contributed by atoms with Crippen LogP contribution in [0.15, 0.2) is 78.9 Å². The van der Waals surface area contributed by atoms with Crippen LogP contribution >= 0.6 is 0 Å². The lowest BCUT2D eigenvalue weighted by atomic mass is 9.94. The highest BCUT2D eigenvalue weighted by Gasteiger charge is 2.24. The van der Waals surface area contributed by atoms with Crippen molar-refractivity contribution in [1.82, 2.24) is 0 Å². The highest BCUT2D eigenvalue weighted by Crippen LogP contribution is 2.41. The summed E-state index contributed by atoms with van der Waals surface area (Å²) in [5, 5.41) is 23.6. The lowest BCUT2D eigenvalue weighted by Gasteiger charge is -2.16. The Balaban J connectivity index is 1.72. The highest BCUT2D eigenvalue weighted by atomic mass is 16.6. The minimum Gasteiger partial charge on any atom is -0.486 e. The van der Waals surface area contributed by atoms with Gasteiger partial charge in [-0.2, -0.15) is 0 Å². The second-order valence-electron chi connectivity index (χ2n) is 9.41. The molecule has 1 N–H and O–H groups in total. The number of ether oxygens (including phenoxy) is 1. The second kappa shape index (κ2) is 11.1. The Bertz CT molecular complexity index is 1430. The predicted molar refractivity (Wildman–Crippen MR) is 147 cm³/mol. The van der Waals surface area contributed by atoms with Gasteiger partial charge in [0.2, 0.25) is 5.75 Å². The van der Waals surface area contributed by atoms with Gasteiger partial charge in [-0.1, -0.05) is 55.5 Å². The Morgan fingerprint density at radius 3 is 2.32 bits per heavy atom. The molecule has 0 spiro atoms. The molecule has 0 aliphatic heterocycles. The Hall–Kier alpha value is -4.39. The first-order valence-electron chi connectivity index (χ1n) is 12.2. The molecule has 0 aliphatic carbocycles. The van der Waals surface area contributed by atoms with Gasteiger partial charge in [-0.3, -0.25) is 14.9 Å². The van der Waals surface area contributed by atoms with Gasteiger partial charge in [0.15, 0.2) is 0 Å². The average molecular weight is 499 g/mol. The van der Waals surface area contributed by atoms with Gasteiger partial charge < -0.3 is 14.7 Å². The molecule has 0 radical (unpaired) electrons. The maximum absolute atomic E-state index is 12.1. The van der Waals surface area contributed by atoms with E-state index in [1.165, 1.54) is 6.07 Å². The van der Waals surface area contributed by atoms with Crippen molar-refractivity contribution in [2.45, 2.75) is 19.8 Å². The molecular formula is C30H30N2O5. The third-order valence-corrected chi connectivity index (χ3v) is 6.44. The van der Waals surface area contributed by atoms with Crippen molar-refractivity contribution in [2.75, 3.05) is 25.6 Å². The summed E-state index contributed by atoms with van der Waals surface area (Å²) in [4.78, 5) is 25.2. The summed E-state index contributed by atoms with van der Waals surface area (Å²) in [5.74, 6) is -1.44. The van der Waals surface area contributed by atoms with Crippen LogP contribution in [-0.2, 0) is 17.6 Å².